The zero-order valence-corrected chi connectivity index (χ0v) is 16.2. The second kappa shape index (κ2) is 9.34. The summed E-state index contributed by atoms with van der Waals surface area (Å²) in [4.78, 5) is 17.1. The summed E-state index contributed by atoms with van der Waals surface area (Å²) < 4.78 is 13.4. The van der Waals surface area contributed by atoms with Crippen molar-refractivity contribution in [3.8, 4) is 5.75 Å². The summed E-state index contributed by atoms with van der Waals surface area (Å²) >= 11 is 0. The van der Waals surface area contributed by atoms with Gasteiger partial charge in [0, 0.05) is 24.9 Å². The molecule has 0 N–H and O–H groups in total. The maximum absolute atomic E-state index is 12.8. The Bertz CT molecular complexity index is 1020. The van der Waals surface area contributed by atoms with Crippen molar-refractivity contribution in [2.24, 2.45) is 4.99 Å². The van der Waals surface area contributed by atoms with E-state index < -0.39 is 0 Å². The lowest BCUT2D eigenvalue weighted by Crippen LogP contribution is -2.22. The van der Waals surface area contributed by atoms with Crippen molar-refractivity contribution in [3.05, 3.63) is 95.6 Å². The van der Waals surface area contributed by atoms with E-state index >= 15 is 0 Å². The average Bonchev–Trinajstić information content (AvgIpc) is 3.28. The Morgan fingerprint density at radius 3 is 2.76 bits per heavy atom. The minimum Gasteiger partial charge on any atom is -0.491 e. The molecule has 1 aliphatic heterocycles. The Morgan fingerprint density at radius 1 is 1.07 bits per heavy atom. The number of rotatable bonds is 6. The molecule has 1 atom stereocenters. The number of benzene rings is 2. The number of ether oxygens (including phenoxy) is 2. The molecule has 0 saturated carbocycles. The number of nitrogens with zero attached hydrogens (tertiary/aromatic N) is 2. The van der Waals surface area contributed by atoms with E-state index in [1.807, 2.05) is 59.3 Å². The van der Waals surface area contributed by atoms with E-state index in [-0.39, 0.29) is 12.0 Å². The first-order chi connectivity index (χ1) is 14.3. The summed E-state index contributed by atoms with van der Waals surface area (Å²) in [7, 11) is 0. The van der Waals surface area contributed by atoms with Crippen LogP contribution >= 0.6 is 0 Å². The largest absolute Gasteiger partial charge is 0.491 e. The average molecular weight is 388 g/mol. The molecule has 1 saturated heterocycles. The standard InChI is InChI=1S/C24H24N2O3/c27-24(20-10-6-11-21(16-20)29-18-22-12-7-15-28-22)25-23-13-4-5-14-26(23)17-19-8-2-1-3-9-19/h1-6,8-11,13-14,16,22H,7,12,15,17-18H2. The molecule has 148 valence electrons. The number of aromatic nitrogens is 1. The number of pyridine rings is 1. The van der Waals surface area contributed by atoms with Crippen LogP contribution in [-0.2, 0) is 11.3 Å². The van der Waals surface area contributed by atoms with E-state index in [1.165, 1.54) is 0 Å². The van der Waals surface area contributed by atoms with Crippen LogP contribution in [0.25, 0.3) is 0 Å². The minimum atomic E-state index is -0.291. The number of hydrogen-bond acceptors (Lipinski definition) is 3. The number of carbonyl (C=O) groups excluding carboxylic acids is 1. The van der Waals surface area contributed by atoms with Gasteiger partial charge >= 0.3 is 0 Å². The van der Waals surface area contributed by atoms with Crippen molar-refractivity contribution < 1.29 is 14.3 Å². The summed E-state index contributed by atoms with van der Waals surface area (Å²) in [6.07, 6.45) is 4.16. The van der Waals surface area contributed by atoms with Gasteiger partial charge in [-0.1, -0.05) is 42.5 Å². The van der Waals surface area contributed by atoms with Crippen molar-refractivity contribution >= 4 is 5.91 Å². The third-order valence-electron chi connectivity index (χ3n) is 4.87. The molecule has 0 bridgehead atoms. The molecule has 0 radical (unpaired) electrons. The van der Waals surface area contributed by atoms with Crippen molar-refractivity contribution in [2.45, 2.75) is 25.5 Å². The fourth-order valence-corrected chi connectivity index (χ4v) is 3.34. The van der Waals surface area contributed by atoms with E-state index in [0.29, 0.717) is 30.0 Å². The first-order valence-corrected chi connectivity index (χ1v) is 9.91. The molecule has 2 aromatic carbocycles. The van der Waals surface area contributed by atoms with Crippen LogP contribution in [0.15, 0.2) is 84.0 Å². The number of carbonyl (C=O) groups is 1. The topological polar surface area (TPSA) is 52.8 Å². The van der Waals surface area contributed by atoms with Crippen molar-refractivity contribution in [1.29, 1.82) is 0 Å². The van der Waals surface area contributed by atoms with Gasteiger partial charge in [-0.15, -0.1) is 0 Å². The highest BCUT2D eigenvalue weighted by Gasteiger charge is 2.16. The zero-order valence-electron chi connectivity index (χ0n) is 16.2. The van der Waals surface area contributed by atoms with Gasteiger partial charge in [0.15, 0.2) is 0 Å². The molecule has 2 heterocycles. The van der Waals surface area contributed by atoms with Crippen LogP contribution in [0, 0.1) is 0 Å². The first-order valence-electron chi connectivity index (χ1n) is 9.91. The molecule has 1 amide bonds. The van der Waals surface area contributed by atoms with Crippen molar-refractivity contribution in [2.75, 3.05) is 13.2 Å². The molecule has 1 fully saturated rings. The van der Waals surface area contributed by atoms with Gasteiger partial charge in [-0.3, -0.25) is 4.79 Å². The second-order valence-corrected chi connectivity index (χ2v) is 7.06. The number of hydrogen-bond donors (Lipinski definition) is 0. The zero-order chi connectivity index (χ0) is 19.9. The Labute approximate surface area is 170 Å². The molecule has 1 aromatic heterocycles. The van der Waals surface area contributed by atoms with Gasteiger partial charge in [-0.05, 0) is 48.7 Å². The van der Waals surface area contributed by atoms with Gasteiger partial charge in [-0.25, -0.2) is 0 Å². The van der Waals surface area contributed by atoms with Crippen molar-refractivity contribution in [1.82, 2.24) is 4.57 Å². The highest BCUT2D eigenvalue weighted by atomic mass is 16.5. The molecular weight excluding hydrogens is 364 g/mol. The van der Waals surface area contributed by atoms with E-state index in [2.05, 4.69) is 17.1 Å². The summed E-state index contributed by atoms with van der Waals surface area (Å²) in [5.74, 6) is 0.368. The van der Waals surface area contributed by atoms with Crippen LogP contribution < -0.4 is 10.2 Å². The molecule has 1 unspecified atom stereocenters. The van der Waals surface area contributed by atoms with Crippen LogP contribution in [0.1, 0.15) is 28.8 Å². The Hall–Kier alpha value is -3.18. The smallest absolute Gasteiger partial charge is 0.279 e. The maximum atomic E-state index is 12.8. The van der Waals surface area contributed by atoms with E-state index in [4.69, 9.17) is 9.47 Å². The molecule has 5 heteroatoms. The highest BCUT2D eigenvalue weighted by Crippen LogP contribution is 2.17. The Kier molecular flexibility index (Phi) is 6.17. The predicted molar refractivity (Wildman–Crippen MR) is 111 cm³/mol. The summed E-state index contributed by atoms with van der Waals surface area (Å²) in [5, 5.41) is 0. The predicted octanol–water partition coefficient (Wildman–Crippen LogP) is 3.84. The van der Waals surface area contributed by atoms with Gasteiger partial charge in [0.2, 0.25) is 0 Å². The normalized spacial score (nSPS) is 16.7. The summed E-state index contributed by atoms with van der Waals surface area (Å²) in [6.45, 7) is 1.95. The van der Waals surface area contributed by atoms with Crippen LogP contribution in [0.5, 0.6) is 5.75 Å². The lowest BCUT2D eigenvalue weighted by Gasteiger charge is -2.11. The molecule has 0 aliphatic carbocycles. The van der Waals surface area contributed by atoms with Crippen LogP contribution in [0.3, 0.4) is 0 Å². The Balaban J connectivity index is 1.51. The molecule has 29 heavy (non-hydrogen) atoms. The molecular formula is C24H24N2O3. The lowest BCUT2D eigenvalue weighted by molar-refractivity contribution is 0.0679. The van der Waals surface area contributed by atoms with Crippen LogP contribution in [0.4, 0.5) is 0 Å². The monoisotopic (exact) mass is 388 g/mol. The summed E-state index contributed by atoms with van der Waals surface area (Å²) in [5.41, 5.74) is 2.27. The molecule has 5 nitrogen and oxygen atoms in total. The lowest BCUT2D eigenvalue weighted by atomic mass is 10.2. The van der Waals surface area contributed by atoms with Crippen LogP contribution in [-0.4, -0.2) is 29.8 Å². The summed E-state index contributed by atoms with van der Waals surface area (Å²) in [6, 6.07) is 22.9. The van der Waals surface area contributed by atoms with E-state index in [0.717, 1.165) is 25.0 Å². The van der Waals surface area contributed by atoms with E-state index in [9.17, 15) is 4.79 Å². The van der Waals surface area contributed by atoms with Crippen molar-refractivity contribution in [3.63, 3.8) is 0 Å². The third kappa shape index (κ3) is 5.21. The van der Waals surface area contributed by atoms with Gasteiger partial charge in [-0.2, -0.15) is 4.99 Å². The Morgan fingerprint density at radius 2 is 1.93 bits per heavy atom. The van der Waals surface area contributed by atoms with Gasteiger partial charge in [0.1, 0.15) is 17.8 Å². The maximum Gasteiger partial charge on any atom is 0.279 e. The van der Waals surface area contributed by atoms with Gasteiger partial charge in [0.25, 0.3) is 5.91 Å². The van der Waals surface area contributed by atoms with Gasteiger partial charge in [0.05, 0.1) is 6.10 Å². The quantitative estimate of drug-likeness (QED) is 0.645. The first kappa shape index (κ1) is 19.2. The minimum absolute atomic E-state index is 0.139. The fourth-order valence-electron chi connectivity index (χ4n) is 3.34. The molecule has 0 spiro atoms. The third-order valence-corrected chi connectivity index (χ3v) is 4.87. The second-order valence-electron chi connectivity index (χ2n) is 7.06. The molecule has 3 aromatic rings. The van der Waals surface area contributed by atoms with Gasteiger partial charge < -0.3 is 14.0 Å². The highest BCUT2D eigenvalue weighted by molar-refractivity contribution is 5.95. The SMILES string of the molecule is O=C(N=c1ccccn1Cc1ccccc1)c1cccc(OCC2CCCO2)c1. The molecule has 1 aliphatic rings. The van der Waals surface area contributed by atoms with E-state index in [1.54, 1.807) is 12.1 Å². The van der Waals surface area contributed by atoms with Crippen LogP contribution in [0.2, 0.25) is 0 Å². The molecule has 4 rings (SSSR count). The number of amides is 1. The fraction of sp³-hybridized carbons (Fsp3) is 0.250.